The Balaban J connectivity index is 2.33. The van der Waals surface area contributed by atoms with Crippen LogP contribution in [0.25, 0.3) is 0 Å². The van der Waals surface area contributed by atoms with Crippen molar-refractivity contribution in [3.8, 4) is 5.75 Å². The van der Waals surface area contributed by atoms with Crippen molar-refractivity contribution in [1.29, 1.82) is 0 Å². The van der Waals surface area contributed by atoms with E-state index in [1.807, 2.05) is 13.0 Å². The van der Waals surface area contributed by atoms with Gasteiger partial charge in [0.25, 0.3) is 0 Å². The highest BCUT2D eigenvalue weighted by Crippen LogP contribution is 2.34. The highest BCUT2D eigenvalue weighted by atomic mass is 19.1. The molecule has 0 amide bonds. The number of fused-ring (bicyclic) bond motifs is 1. The van der Waals surface area contributed by atoms with Crippen LogP contribution in [0.2, 0.25) is 0 Å². The zero-order chi connectivity index (χ0) is 10.8. The fourth-order valence-electron chi connectivity index (χ4n) is 2.06. The smallest absolute Gasteiger partial charge is 0.127 e. The standard InChI is InChI=1S/C12H16FNO/c1-3-14-11-6-8(2)15-12-7-9(13)4-5-10(11)12/h4-5,7-8,11,14H,3,6H2,1-2H3. The predicted molar refractivity (Wildman–Crippen MR) is 57.5 cm³/mol. The minimum Gasteiger partial charge on any atom is -0.490 e. The van der Waals surface area contributed by atoms with Gasteiger partial charge in [0.2, 0.25) is 0 Å². The van der Waals surface area contributed by atoms with Gasteiger partial charge in [-0.05, 0) is 19.5 Å². The first-order valence-electron chi connectivity index (χ1n) is 5.40. The highest BCUT2D eigenvalue weighted by molar-refractivity contribution is 5.38. The second kappa shape index (κ2) is 4.19. The molecule has 1 heterocycles. The van der Waals surface area contributed by atoms with Crippen LogP contribution < -0.4 is 10.1 Å². The summed E-state index contributed by atoms with van der Waals surface area (Å²) in [4.78, 5) is 0. The van der Waals surface area contributed by atoms with Crippen LogP contribution in [-0.4, -0.2) is 12.6 Å². The zero-order valence-electron chi connectivity index (χ0n) is 9.09. The summed E-state index contributed by atoms with van der Waals surface area (Å²) >= 11 is 0. The maximum absolute atomic E-state index is 13.0. The number of ether oxygens (including phenoxy) is 1. The molecule has 15 heavy (non-hydrogen) atoms. The van der Waals surface area contributed by atoms with Crippen molar-refractivity contribution >= 4 is 0 Å². The third-order valence-corrected chi connectivity index (χ3v) is 2.70. The molecule has 0 saturated heterocycles. The SMILES string of the molecule is CCNC1CC(C)Oc2cc(F)ccc21. The van der Waals surface area contributed by atoms with Gasteiger partial charge in [-0.25, -0.2) is 4.39 Å². The summed E-state index contributed by atoms with van der Waals surface area (Å²) in [5, 5.41) is 3.39. The van der Waals surface area contributed by atoms with E-state index in [1.165, 1.54) is 12.1 Å². The van der Waals surface area contributed by atoms with Crippen molar-refractivity contribution < 1.29 is 9.13 Å². The van der Waals surface area contributed by atoms with Gasteiger partial charge in [0.15, 0.2) is 0 Å². The third-order valence-electron chi connectivity index (χ3n) is 2.70. The van der Waals surface area contributed by atoms with E-state index in [0.717, 1.165) is 18.5 Å². The molecule has 1 aliphatic heterocycles. The van der Waals surface area contributed by atoms with Crippen LogP contribution in [0, 0.1) is 5.82 Å². The van der Waals surface area contributed by atoms with E-state index in [2.05, 4.69) is 12.2 Å². The van der Waals surface area contributed by atoms with Crippen molar-refractivity contribution in [2.75, 3.05) is 6.54 Å². The summed E-state index contributed by atoms with van der Waals surface area (Å²) in [6.07, 6.45) is 1.08. The molecular formula is C12H16FNO. The van der Waals surface area contributed by atoms with Crippen molar-refractivity contribution in [2.24, 2.45) is 0 Å². The van der Waals surface area contributed by atoms with E-state index >= 15 is 0 Å². The molecule has 2 atom stereocenters. The fraction of sp³-hybridized carbons (Fsp3) is 0.500. The molecule has 1 N–H and O–H groups in total. The highest BCUT2D eigenvalue weighted by Gasteiger charge is 2.25. The molecule has 1 aliphatic rings. The summed E-state index contributed by atoms with van der Waals surface area (Å²) in [7, 11) is 0. The monoisotopic (exact) mass is 209 g/mol. The molecule has 1 aromatic carbocycles. The molecule has 1 aromatic rings. The molecule has 3 heteroatoms. The Hall–Kier alpha value is -1.09. The largest absolute Gasteiger partial charge is 0.490 e. The normalized spacial score (nSPS) is 24.5. The second-order valence-electron chi connectivity index (χ2n) is 3.96. The Kier molecular flexibility index (Phi) is 2.91. The van der Waals surface area contributed by atoms with Gasteiger partial charge < -0.3 is 10.1 Å². The number of hydrogen-bond acceptors (Lipinski definition) is 2. The molecule has 2 rings (SSSR count). The van der Waals surface area contributed by atoms with Gasteiger partial charge in [-0.15, -0.1) is 0 Å². The molecule has 0 aromatic heterocycles. The van der Waals surface area contributed by atoms with E-state index in [9.17, 15) is 4.39 Å². The minimum atomic E-state index is -0.238. The number of halogens is 1. The summed E-state index contributed by atoms with van der Waals surface area (Å²) in [6.45, 7) is 5.00. The van der Waals surface area contributed by atoms with E-state index in [0.29, 0.717) is 5.75 Å². The molecule has 0 bridgehead atoms. The number of nitrogens with one attached hydrogen (secondary N) is 1. The summed E-state index contributed by atoms with van der Waals surface area (Å²) in [6, 6.07) is 5.05. The minimum absolute atomic E-state index is 0.142. The number of benzene rings is 1. The zero-order valence-corrected chi connectivity index (χ0v) is 9.09. The molecular weight excluding hydrogens is 193 g/mol. The van der Waals surface area contributed by atoms with Crippen LogP contribution in [0.1, 0.15) is 31.9 Å². The predicted octanol–water partition coefficient (Wildman–Crippen LogP) is 2.65. The molecule has 2 nitrogen and oxygen atoms in total. The van der Waals surface area contributed by atoms with Crippen LogP contribution in [0.5, 0.6) is 5.75 Å². The van der Waals surface area contributed by atoms with E-state index in [4.69, 9.17) is 4.74 Å². The van der Waals surface area contributed by atoms with Crippen molar-refractivity contribution in [1.82, 2.24) is 5.32 Å². The van der Waals surface area contributed by atoms with E-state index < -0.39 is 0 Å². The third kappa shape index (κ3) is 2.12. The molecule has 2 unspecified atom stereocenters. The molecule has 0 saturated carbocycles. The van der Waals surface area contributed by atoms with E-state index in [1.54, 1.807) is 0 Å². The lowest BCUT2D eigenvalue weighted by Gasteiger charge is -2.30. The topological polar surface area (TPSA) is 21.3 Å². The lowest BCUT2D eigenvalue weighted by atomic mass is 9.97. The van der Waals surface area contributed by atoms with Gasteiger partial charge in [-0.2, -0.15) is 0 Å². The molecule has 0 aliphatic carbocycles. The Morgan fingerprint density at radius 2 is 2.33 bits per heavy atom. The summed E-state index contributed by atoms with van der Waals surface area (Å²) < 4.78 is 18.6. The average Bonchev–Trinajstić information content (AvgIpc) is 2.17. The average molecular weight is 209 g/mol. The van der Waals surface area contributed by atoms with Crippen LogP contribution >= 0.6 is 0 Å². The van der Waals surface area contributed by atoms with Crippen LogP contribution in [-0.2, 0) is 0 Å². The molecule has 0 fully saturated rings. The molecule has 0 radical (unpaired) electrons. The summed E-state index contributed by atoms with van der Waals surface area (Å²) in [5.74, 6) is 0.442. The lowest BCUT2D eigenvalue weighted by molar-refractivity contribution is 0.166. The number of rotatable bonds is 2. The Morgan fingerprint density at radius 1 is 1.53 bits per heavy atom. The van der Waals surface area contributed by atoms with Crippen LogP contribution in [0.15, 0.2) is 18.2 Å². The number of hydrogen-bond donors (Lipinski definition) is 1. The first kappa shape index (κ1) is 10.4. The fourth-order valence-corrected chi connectivity index (χ4v) is 2.06. The molecule has 82 valence electrons. The lowest BCUT2D eigenvalue weighted by Crippen LogP contribution is -2.31. The van der Waals surface area contributed by atoms with Gasteiger partial charge in [0.05, 0.1) is 6.10 Å². The Bertz CT molecular complexity index is 353. The maximum atomic E-state index is 13.0. The van der Waals surface area contributed by atoms with Gasteiger partial charge in [0.1, 0.15) is 11.6 Å². The first-order chi connectivity index (χ1) is 7.20. The Labute approximate surface area is 89.4 Å². The maximum Gasteiger partial charge on any atom is 0.127 e. The van der Waals surface area contributed by atoms with Gasteiger partial charge >= 0.3 is 0 Å². The van der Waals surface area contributed by atoms with Crippen LogP contribution in [0.4, 0.5) is 4.39 Å². The quantitative estimate of drug-likeness (QED) is 0.808. The van der Waals surface area contributed by atoms with E-state index in [-0.39, 0.29) is 18.0 Å². The van der Waals surface area contributed by atoms with Crippen molar-refractivity contribution in [3.05, 3.63) is 29.6 Å². The van der Waals surface area contributed by atoms with Crippen LogP contribution in [0.3, 0.4) is 0 Å². The Morgan fingerprint density at radius 3 is 3.07 bits per heavy atom. The van der Waals surface area contributed by atoms with Gasteiger partial charge in [-0.3, -0.25) is 0 Å². The van der Waals surface area contributed by atoms with Crippen molar-refractivity contribution in [3.63, 3.8) is 0 Å². The van der Waals surface area contributed by atoms with Crippen molar-refractivity contribution in [2.45, 2.75) is 32.4 Å². The summed E-state index contributed by atoms with van der Waals surface area (Å²) in [5.41, 5.74) is 1.07. The first-order valence-corrected chi connectivity index (χ1v) is 5.40. The van der Waals surface area contributed by atoms with Gasteiger partial charge in [-0.1, -0.05) is 13.0 Å². The second-order valence-corrected chi connectivity index (χ2v) is 3.96. The molecule has 0 spiro atoms. The van der Waals surface area contributed by atoms with Gasteiger partial charge in [0, 0.05) is 24.1 Å².